The molecule has 4 rings (SSSR count). The maximum absolute atomic E-state index is 13.3. The molecule has 31 heavy (non-hydrogen) atoms. The van der Waals surface area contributed by atoms with E-state index in [4.69, 9.17) is 4.42 Å². The van der Waals surface area contributed by atoms with Gasteiger partial charge in [0.25, 0.3) is 5.91 Å². The molecular formula is C22H20F2N4O3. The highest BCUT2D eigenvalue weighted by molar-refractivity contribution is 5.94. The number of hydrogen-bond donors (Lipinski definition) is 1. The zero-order valence-electron chi connectivity index (χ0n) is 16.6. The summed E-state index contributed by atoms with van der Waals surface area (Å²) in [6.07, 6.45) is 1.97. The van der Waals surface area contributed by atoms with Crippen molar-refractivity contribution in [2.24, 2.45) is 0 Å². The van der Waals surface area contributed by atoms with Gasteiger partial charge < -0.3 is 14.6 Å². The Morgan fingerprint density at radius 1 is 1.06 bits per heavy atom. The third-order valence-electron chi connectivity index (χ3n) is 4.99. The Bertz CT molecular complexity index is 1090. The van der Waals surface area contributed by atoms with Gasteiger partial charge in [0.15, 0.2) is 11.6 Å². The van der Waals surface area contributed by atoms with Crippen molar-refractivity contribution in [3.63, 3.8) is 0 Å². The molecule has 0 spiro atoms. The van der Waals surface area contributed by atoms with Gasteiger partial charge in [0.2, 0.25) is 5.76 Å². The molecule has 1 fully saturated rings. The average molecular weight is 426 g/mol. The Morgan fingerprint density at radius 3 is 2.65 bits per heavy atom. The molecule has 7 nitrogen and oxygen atoms in total. The number of urea groups is 1. The van der Waals surface area contributed by atoms with Gasteiger partial charge in [0.05, 0.1) is 6.20 Å². The van der Waals surface area contributed by atoms with Gasteiger partial charge >= 0.3 is 12.0 Å². The van der Waals surface area contributed by atoms with Crippen LogP contribution in [0.3, 0.4) is 0 Å². The molecule has 3 amide bonds. The SMILES string of the molecule is O=C(NCc1ccc(F)c(F)c1)c1cnc(N2CCN(CCc3ccccc3)C2=O)o1. The number of halogens is 2. The second-order valence-corrected chi connectivity index (χ2v) is 7.10. The Kier molecular flexibility index (Phi) is 5.92. The molecule has 1 aliphatic heterocycles. The molecule has 0 bridgehead atoms. The summed E-state index contributed by atoms with van der Waals surface area (Å²) in [5.41, 5.74) is 1.54. The Hall–Kier alpha value is -3.75. The number of benzene rings is 2. The van der Waals surface area contributed by atoms with Gasteiger partial charge in [-0.15, -0.1) is 0 Å². The fourth-order valence-electron chi connectivity index (χ4n) is 3.29. The van der Waals surface area contributed by atoms with Crippen molar-refractivity contribution in [2.45, 2.75) is 13.0 Å². The summed E-state index contributed by atoms with van der Waals surface area (Å²) >= 11 is 0. The van der Waals surface area contributed by atoms with Crippen LogP contribution in [0.2, 0.25) is 0 Å². The standard InChI is InChI=1S/C22H20F2N4O3/c23-17-7-6-16(12-18(17)24)13-25-20(29)19-14-26-21(31-19)28-11-10-27(22(28)30)9-8-15-4-2-1-3-5-15/h1-7,12,14H,8-11,13H2,(H,25,29). The summed E-state index contributed by atoms with van der Waals surface area (Å²) in [5, 5.41) is 2.55. The fraction of sp³-hybridized carbons (Fsp3) is 0.227. The van der Waals surface area contributed by atoms with Crippen LogP contribution in [-0.2, 0) is 13.0 Å². The molecule has 160 valence electrons. The van der Waals surface area contributed by atoms with Crippen molar-refractivity contribution in [3.8, 4) is 0 Å². The normalized spacial score (nSPS) is 13.7. The first-order valence-corrected chi connectivity index (χ1v) is 9.79. The van der Waals surface area contributed by atoms with Gasteiger partial charge in [-0.25, -0.2) is 23.5 Å². The largest absolute Gasteiger partial charge is 0.418 e. The van der Waals surface area contributed by atoms with E-state index in [1.54, 1.807) is 4.90 Å². The molecule has 2 aromatic carbocycles. The molecule has 0 unspecified atom stereocenters. The van der Waals surface area contributed by atoms with Crippen molar-refractivity contribution >= 4 is 18.0 Å². The molecule has 3 aromatic rings. The minimum Gasteiger partial charge on any atom is -0.418 e. The van der Waals surface area contributed by atoms with Gasteiger partial charge in [-0.2, -0.15) is 0 Å². The topological polar surface area (TPSA) is 78.7 Å². The highest BCUT2D eigenvalue weighted by Crippen LogP contribution is 2.21. The van der Waals surface area contributed by atoms with Gasteiger partial charge in [0.1, 0.15) is 0 Å². The molecule has 9 heteroatoms. The van der Waals surface area contributed by atoms with Crippen molar-refractivity contribution in [1.29, 1.82) is 0 Å². The summed E-state index contributed by atoms with van der Waals surface area (Å²) in [6.45, 7) is 1.50. The lowest BCUT2D eigenvalue weighted by molar-refractivity contribution is 0.0923. The second kappa shape index (κ2) is 8.95. The molecule has 1 N–H and O–H groups in total. The van der Waals surface area contributed by atoms with Crippen LogP contribution in [0.15, 0.2) is 59.1 Å². The van der Waals surface area contributed by atoms with Gasteiger partial charge in [-0.1, -0.05) is 36.4 Å². The fourth-order valence-corrected chi connectivity index (χ4v) is 3.29. The summed E-state index contributed by atoms with van der Waals surface area (Å²) in [4.78, 5) is 32.1. The predicted molar refractivity (Wildman–Crippen MR) is 108 cm³/mol. The predicted octanol–water partition coefficient (Wildman–Crippen LogP) is 3.37. The number of oxazole rings is 1. The van der Waals surface area contributed by atoms with Crippen LogP contribution < -0.4 is 10.2 Å². The number of carbonyl (C=O) groups excluding carboxylic acids is 2. The zero-order chi connectivity index (χ0) is 21.8. The lowest BCUT2D eigenvalue weighted by Gasteiger charge is -2.16. The maximum Gasteiger partial charge on any atom is 0.328 e. The molecule has 0 atom stereocenters. The van der Waals surface area contributed by atoms with E-state index >= 15 is 0 Å². The van der Waals surface area contributed by atoms with Crippen LogP contribution in [0.1, 0.15) is 21.7 Å². The number of carbonyl (C=O) groups is 2. The molecule has 1 aliphatic rings. The van der Waals surface area contributed by atoms with Crippen molar-refractivity contribution in [2.75, 3.05) is 24.5 Å². The van der Waals surface area contributed by atoms with Crippen LogP contribution in [-0.4, -0.2) is 41.5 Å². The molecule has 2 heterocycles. The van der Waals surface area contributed by atoms with E-state index in [-0.39, 0.29) is 24.4 Å². The first-order chi connectivity index (χ1) is 15.0. The van der Waals surface area contributed by atoms with Gasteiger partial charge in [-0.05, 0) is 29.7 Å². The third-order valence-corrected chi connectivity index (χ3v) is 4.99. The lowest BCUT2D eigenvalue weighted by Crippen LogP contribution is -2.33. The minimum atomic E-state index is -0.988. The van der Waals surface area contributed by atoms with Crippen LogP contribution in [0.5, 0.6) is 0 Å². The quantitative estimate of drug-likeness (QED) is 0.628. The number of nitrogens with zero attached hydrogens (tertiary/aromatic N) is 3. The summed E-state index contributed by atoms with van der Waals surface area (Å²) in [5.74, 6) is -2.59. The number of rotatable bonds is 7. The molecule has 0 radical (unpaired) electrons. The lowest BCUT2D eigenvalue weighted by atomic mass is 10.1. The first kappa shape index (κ1) is 20.5. The highest BCUT2D eigenvalue weighted by Gasteiger charge is 2.32. The van der Waals surface area contributed by atoms with E-state index in [1.165, 1.54) is 17.2 Å². The minimum absolute atomic E-state index is 0.0119. The van der Waals surface area contributed by atoms with E-state index in [0.717, 1.165) is 24.1 Å². The van der Waals surface area contributed by atoms with E-state index in [0.29, 0.717) is 25.2 Å². The van der Waals surface area contributed by atoms with Gasteiger partial charge in [-0.3, -0.25) is 4.79 Å². The van der Waals surface area contributed by atoms with Gasteiger partial charge in [0, 0.05) is 26.2 Å². The Morgan fingerprint density at radius 2 is 1.87 bits per heavy atom. The molecule has 1 aromatic heterocycles. The molecule has 0 saturated carbocycles. The second-order valence-electron chi connectivity index (χ2n) is 7.10. The van der Waals surface area contributed by atoms with E-state index in [2.05, 4.69) is 10.3 Å². The molecular weight excluding hydrogens is 406 g/mol. The Balaban J connectivity index is 1.33. The number of hydrogen-bond acceptors (Lipinski definition) is 4. The highest BCUT2D eigenvalue weighted by atomic mass is 19.2. The molecule has 0 aliphatic carbocycles. The third kappa shape index (κ3) is 4.71. The first-order valence-electron chi connectivity index (χ1n) is 9.79. The number of amides is 3. The van der Waals surface area contributed by atoms with Crippen LogP contribution in [0.25, 0.3) is 0 Å². The smallest absolute Gasteiger partial charge is 0.328 e. The summed E-state index contributed by atoms with van der Waals surface area (Å²) < 4.78 is 31.7. The van der Waals surface area contributed by atoms with Crippen molar-refractivity contribution < 1.29 is 22.8 Å². The van der Waals surface area contributed by atoms with Crippen molar-refractivity contribution in [1.82, 2.24) is 15.2 Å². The molecule has 1 saturated heterocycles. The van der Waals surface area contributed by atoms with Crippen molar-refractivity contribution in [3.05, 3.63) is 83.2 Å². The zero-order valence-corrected chi connectivity index (χ0v) is 16.6. The average Bonchev–Trinajstić information content (AvgIpc) is 3.40. The number of aromatic nitrogens is 1. The summed E-state index contributed by atoms with van der Waals surface area (Å²) in [6, 6.07) is 13.1. The van der Waals surface area contributed by atoms with Crippen LogP contribution in [0, 0.1) is 11.6 Å². The monoisotopic (exact) mass is 426 g/mol. The van der Waals surface area contributed by atoms with E-state index in [9.17, 15) is 18.4 Å². The van der Waals surface area contributed by atoms with E-state index in [1.807, 2.05) is 30.3 Å². The number of nitrogens with one attached hydrogen (secondary N) is 1. The van der Waals surface area contributed by atoms with E-state index < -0.39 is 17.5 Å². The van der Waals surface area contributed by atoms with Crippen LogP contribution in [0.4, 0.5) is 19.6 Å². The summed E-state index contributed by atoms with van der Waals surface area (Å²) in [7, 11) is 0. The number of anilines is 1. The maximum atomic E-state index is 13.3. The van der Waals surface area contributed by atoms with Crippen LogP contribution >= 0.6 is 0 Å². The Labute approximate surface area is 177 Å².